The molecule has 1 aromatic rings. The Balaban J connectivity index is 0.00000128. The minimum atomic E-state index is 0. The smallest absolute Gasteiger partial charge is 0.0866 e. The summed E-state index contributed by atoms with van der Waals surface area (Å²) in [6, 6.07) is 12.6. The van der Waals surface area contributed by atoms with Crippen molar-refractivity contribution < 1.29 is 0 Å². The summed E-state index contributed by atoms with van der Waals surface area (Å²) in [5.74, 6) is 0.375. The Kier molecular flexibility index (Phi) is 4.75. The molecule has 1 aliphatic heterocycles. The van der Waals surface area contributed by atoms with Gasteiger partial charge in [0, 0.05) is 25.0 Å². The van der Waals surface area contributed by atoms with E-state index in [4.69, 9.17) is 11.0 Å². The highest BCUT2D eigenvalue weighted by Gasteiger charge is 2.30. The van der Waals surface area contributed by atoms with Gasteiger partial charge in [-0.15, -0.1) is 12.4 Å². The van der Waals surface area contributed by atoms with E-state index in [0.717, 1.165) is 13.1 Å². The molecule has 1 heterocycles. The van der Waals surface area contributed by atoms with Crippen LogP contribution in [0.15, 0.2) is 30.3 Å². The monoisotopic (exact) mass is 237 g/mol. The molecule has 0 aromatic heterocycles. The van der Waals surface area contributed by atoms with Crippen molar-refractivity contribution in [2.24, 2.45) is 5.73 Å². The summed E-state index contributed by atoms with van der Waals surface area (Å²) in [5.41, 5.74) is 7.36. The predicted octanol–water partition coefficient (Wildman–Crippen LogP) is 1.36. The number of rotatable bonds is 2. The van der Waals surface area contributed by atoms with Gasteiger partial charge < -0.3 is 5.73 Å². The topological polar surface area (TPSA) is 53.0 Å². The zero-order valence-electron chi connectivity index (χ0n) is 9.04. The SMILES string of the molecule is Cl.N#CCN1CC(N)C(c2ccccc2)C1. The van der Waals surface area contributed by atoms with Gasteiger partial charge in [0.1, 0.15) is 0 Å². The van der Waals surface area contributed by atoms with Crippen LogP contribution in [0.4, 0.5) is 0 Å². The number of likely N-dealkylation sites (tertiary alicyclic amines) is 1. The Bertz CT molecular complexity index is 360. The number of nitrogens with two attached hydrogens (primary N) is 1. The van der Waals surface area contributed by atoms with Crippen molar-refractivity contribution in [3.8, 4) is 6.07 Å². The minimum Gasteiger partial charge on any atom is -0.326 e. The third kappa shape index (κ3) is 2.73. The van der Waals surface area contributed by atoms with E-state index in [-0.39, 0.29) is 18.4 Å². The van der Waals surface area contributed by atoms with Crippen molar-refractivity contribution in [2.75, 3.05) is 19.6 Å². The lowest BCUT2D eigenvalue weighted by Crippen LogP contribution is -2.28. The summed E-state index contributed by atoms with van der Waals surface area (Å²) >= 11 is 0. The second-order valence-corrected chi connectivity index (χ2v) is 4.03. The van der Waals surface area contributed by atoms with E-state index >= 15 is 0 Å². The summed E-state index contributed by atoms with van der Waals surface area (Å²) in [7, 11) is 0. The van der Waals surface area contributed by atoms with Crippen LogP contribution in [0.5, 0.6) is 0 Å². The standard InChI is InChI=1S/C12H15N3.ClH/c13-6-7-15-8-11(12(14)9-15)10-4-2-1-3-5-10;/h1-5,11-12H,7-9,14H2;1H. The highest BCUT2D eigenvalue weighted by atomic mass is 35.5. The van der Waals surface area contributed by atoms with E-state index in [9.17, 15) is 0 Å². The van der Waals surface area contributed by atoms with Gasteiger partial charge in [0.2, 0.25) is 0 Å². The number of nitrogens with zero attached hydrogens (tertiary/aromatic N) is 2. The lowest BCUT2D eigenvalue weighted by atomic mass is 9.95. The van der Waals surface area contributed by atoms with Crippen LogP contribution in [-0.4, -0.2) is 30.6 Å². The normalized spacial score (nSPS) is 24.8. The molecule has 0 spiro atoms. The summed E-state index contributed by atoms with van der Waals surface area (Å²) in [6.45, 7) is 2.21. The van der Waals surface area contributed by atoms with Crippen molar-refractivity contribution >= 4 is 12.4 Å². The van der Waals surface area contributed by atoms with Crippen LogP contribution in [0.2, 0.25) is 0 Å². The molecule has 86 valence electrons. The lowest BCUT2D eigenvalue weighted by Gasteiger charge is -2.14. The van der Waals surface area contributed by atoms with Gasteiger partial charge in [-0.05, 0) is 5.56 Å². The van der Waals surface area contributed by atoms with Crippen LogP contribution < -0.4 is 5.73 Å². The van der Waals surface area contributed by atoms with Crippen molar-refractivity contribution in [3.05, 3.63) is 35.9 Å². The molecule has 1 saturated heterocycles. The summed E-state index contributed by atoms with van der Waals surface area (Å²) < 4.78 is 0. The predicted molar refractivity (Wildman–Crippen MR) is 66.5 cm³/mol. The maximum Gasteiger partial charge on any atom is 0.0866 e. The highest BCUT2D eigenvalue weighted by molar-refractivity contribution is 5.85. The average Bonchev–Trinajstić information content (AvgIpc) is 2.61. The maximum atomic E-state index is 8.64. The Morgan fingerprint density at radius 3 is 2.62 bits per heavy atom. The molecule has 0 radical (unpaired) electrons. The molecule has 16 heavy (non-hydrogen) atoms. The van der Waals surface area contributed by atoms with Crippen LogP contribution >= 0.6 is 12.4 Å². The molecule has 0 bridgehead atoms. The molecule has 2 unspecified atom stereocenters. The first-order chi connectivity index (χ1) is 7.31. The largest absolute Gasteiger partial charge is 0.326 e. The third-order valence-corrected chi connectivity index (χ3v) is 2.96. The quantitative estimate of drug-likeness (QED) is 0.791. The summed E-state index contributed by atoms with van der Waals surface area (Å²) in [5, 5.41) is 8.64. The number of halogens is 1. The van der Waals surface area contributed by atoms with E-state index in [2.05, 4.69) is 23.1 Å². The molecule has 2 atom stereocenters. The van der Waals surface area contributed by atoms with Gasteiger partial charge in [0.25, 0.3) is 0 Å². The Labute approximate surface area is 102 Å². The van der Waals surface area contributed by atoms with E-state index in [1.54, 1.807) is 0 Å². The molecule has 0 amide bonds. The molecule has 1 fully saturated rings. The van der Waals surface area contributed by atoms with E-state index in [0.29, 0.717) is 12.5 Å². The van der Waals surface area contributed by atoms with Gasteiger partial charge in [-0.25, -0.2) is 0 Å². The van der Waals surface area contributed by atoms with Gasteiger partial charge in [0.15, 0.2) is 0 Å². The van der Waals surface area contributed by atoms with Gasteiger partial charge in [0.05, 0.1) is 12.6 Å². The molecule has 0 saturated carbocycles. The first-order valence-corrected chi connectivity index (χ1v) is 5.21. The van der Waals surface area contributed by atoms with Gasteiger partial charge in [-0.2, -0.15) is 5.26 Å². The third-order valence-electron chi connectivity index (χ3n) is 2.96. The fourth-order valence-corrected chi connectivity index (χ4v) is 2.20. The molecular formula is C12H16ClN3. The van der Waals surface area contributed by atoms with Gasteiger partial charge in [-0.1, -0.05) is 30.3 Å². The van der Waals surface area contributed by atoms with Crippen molar-refractivity contribution in [1.82, 2.24) is 4.90 Å². The van der Waals surface area contributed by atoms with E-state index < -0.39 is 0 Å². The number of benzene rings is 1. The maximum absolute atomic E-state index is 8.64. The molecule has 2 rings (SSSR count). The molecule has 3 nitrogen and oxygen atoms in total. The zero-order chi connectivity index (χ0) is 10.7. The molecule has 1 aliphatic rings. The van der Waals surface area contributed by atoms with Crippen LogP contribution in [0.25, 0.3) is 0 Å². The molecular weight excluding hydrogens is 222 g/mol. The summed E-state index contributed by atoms with van der Waals surface area (Å²) in [6.07, 6.45) is 0. The second-order valence-electron chi connectivity index (χ2n) is 4.03. The zero-order valence-corrected chi connectivity index (χ0v) is 9.86. The van der Waals surface area contributed by atoms with Crippen molar-refractivity contribution in [1.29, 1.82) is 5.26 Å². The Hall–Kier alpha value is -1.08. The first-order valence-electron chi connectivity index (χ1n) is 5.21. The van der Waals surface area contributed by atoms with Gasteiger partial charge >= 0.3 is 0 Å². The van der Waals surface area contributed by atoms with Crippen LogP contribution in [-0.2, 0) is 0 Å². The number of nitriles is 1. The van der Waals surface area contributed by atoms with E-state index in [1.807, 2.05) is 18.2 Å². The van der Waals surface area contributed by atoms with Crippen molar-refractivity contribution in [2.45, 2.75) is 12.0 Å². The fourth-order valence-electron chi connectivity index (χ4n) is 2.20. The molecule has 2 N–H and O–H groups in total. The lowest BCUT2D eigenvalue weighted by molar-refractivity contribution is 0.372. The first kappa shape index (κ1) is 13.0. The highest BCUT2D eigenvalue weighted by Crippen LogP contribution is 2.25. The molecule has 1 aromatic carbocycles. The molecule has 0 aliphatic carbocycles. The van der Waals surface area contributed by atoms with Crippen LogP contribution in [0.1, 0.15) is 11.5 Å². The molecule has 4 heteroatoms. The number of hydrogen-bond donors (Lipinski definition) is 1. The summed E-state index contributed by atoms with van der Waals surface area (Å²) in [4.78, 5) is 2.11. The number of hydrogen-bond acceptors (Lipinski definition) is 3. The Morgan fingerprint density at radius 2 is 2.00 bits per heavy atom. The van der Waals surface area contributed by atoms with Crippen LogP contribution in [0, 0.1) is 11.3 Å². The van der Waals surface area contributed by atoms with Crippen LogP contribution in [0.3, 0.4) is 0 Å². The fraction of sp³-hybridized carbons (Fsp3) is 0.417. The second kappa shape index (κ2) is 5.86. The van der Waals surface area contributed by atoms with Gasteiger partial charge in [-0.3, -0.25) is 4.90 Å². The Morgan fingerprint density at radius 1 is 1.31 bits per heavy atom. The average molecular weight is 238 g/mol. The van der Waals surface area contributed by atoms with Crippen molar-refractivity contribution in [3.63, 3.8) is 0 Å². The van der Waals surface area contributed by atoms with E-state index in [1.165, 1.54) is 5.56 Å². The minimum absolute atomic E-state index is 0.